The van der Waals surface area contributed by atoms with Crippen LogP contribution in [0.4, 0.5) is 4.39 Å². The van der Waals surface area contributed by atoms with E-state index in [1.807, 2.05) is 6.92 Å². The van der Waals surface area contributed by atoms with Crippen LogP contribution in [-0.2, 0) is 11.3 Å². The summed E-state index contributed by atoms with van der Waals surface area (Å²) in [4.78, 5) is 16.3. The van der Waals surface area contributed by atoms with E-state index in [0.29, 0.717) is 23.5 Å². The first-order valence-corrected chi connectivity index (χ1v) is 8.09. The van der Waals surface area contributed by atoms with Crippen LogP contribution < -0.4 is 5.32 Å². The van der Waals surface area contributed by atoms with Crippen LogP contribution in [0.5, 0.6) is 0 Å². The van der Waals surface area contributed by atoms with Crippen LogP contribution in [0.3, 0.4) is 0 Å². The van der Waals surface area contributed by atoms with Gasteiger partial charge in [-0.2, -0.15) is 0 Å². The Morgan fingerprint density at radius 1 is 1.45 bits per heavy atom. The molecule has 0 aliphatic rings. The highest BCUT2D eigenvalue weighted by molar-refractivity contribution is 7.15. The monoisotopic (exact) mass is 322 g/mol. The Morgan fingerprint density at radius 3 is 2.91 bits per heavy atom. The number of thiazole rings is 1. The van der Waals surface area contributed by atoms with E-state index in [-0.39, 0.29) is 5.82 Å². The SMILES string of the molecule is CCCC[C@H](NCc1cnc(-c2ccccc2F)s1)C(=O)O. The van der Waals surface area contributed by atoms with Crippen molar-refractivity contribution in [3.8, 4) is 10.6 Å². The fourth-order valence-electron chi connectivity index (χ4n) is 2.09. The standard InChI is InChI=1S/C16H19FN2O2S/c1-2-3-8-14(16(20)21)18-9-11-10-19-15(22-11)12-6-4-5-7-13(12)17/h4-7,10,14,18H,2-3,8-9H2,1H3,(H,20,21)/t14-/m0/s1. The lowest BCUT2D eigenvalue weighted by molar-refractivity contribution is -0.139. The third-order valence-corrected chi connectivity index (χ3v) is 4.36. The number of hydrogen-bond donors (Lipinski definition) is 2. The van der Waals surface area contributed by atoms with Crippen LogP contribution in [0.1, 0.15) is 31.1 Å². The number of halogens is 1. The Labute approximate surface area is 133 Å². The highest BCUT2D eigenvalue weighted by atomic mass is 32.1. The van der Waals surface area contributed by atoms with Gasteiger partial charge in [0.15, 0.2) is 0 Å². The number of rotatable bonds is 8. The lowest BCUT2D eigenvalue weighted by atomic mass is 10.1. The zero-order valence-electron chi connectivity index (χ0n) is 12.4. The first kappa shape index (κ1) is 16.6. The molecule has 1 heterocycles. The number of nitrogens with zero attached hydrogens (tertiary/aromatic N) is 1. The van der Waals surface area contributed by atoms with Gasteiger partial charge in [0.25, 0.3) is 0 Å². The molecule has 2 N–H and O–H groups in total. The number of carbonyl (C=O) groups is 1. The lowest BCUT2D eigenvalue weighted by Crippen LogP contribution is -2.35. The molecule has 0 aliphatic carbocycles. The van der Waals surface area contributed by atoms with Gasteiger partial charge >= 0.3 is 5.97 Å². The molecule has 0 bridgehead atoms. The van der Waals surface area contributed by atoms with E-state index in [9.17, 15) is 14.3 Å². The molecule has 0 unspecified atom stereocenters. The van der Waals surface area contributed by atoms with Gasteiger partial charge in [-0.15, -0.1) is 11.3 Å². The maximum Gasteiger partial charge on any atom is 0.320 e. The molecule has 4 nitrogen and oxygen atoms in total. The van der Waals surface area contributed by atoms with E-state index >= 15 is 0 Å². The molecule has 22 heavy (non-hydrogen) atoms. The molecule has 0 spiro atoms. The number of hydrogen-bond acceptors (Lipinski definition) is 4. The Balaban J connectivity index is 2.00. The molecule has 0 amide bonds. The summed E-state index contributed by atoms with van der Waals surface area (Å²) >= 11 is 1.37. The van der Waals surface area contributed by atoms with Gasteiger partial charge in [0.2, 0.25) is 0 Å². The van der Waals surface area contributed by atoms with E-state index in [4.69, 9.17) is 0 Å². The van der Waals surface area contributed by atoms with Crippen molar-refractivity contribution in [2.75, 3.05) is 0 Å². The summed E-state index contributed by atoms with van der Waals surface area (Å²) in [6, 6.07) is 5.94. The Hall–Kier alpha value is -1.79. The van der Waals surface area contributed by atoms with Crippen molar-refractivity contribution in [1.29, 1.82) is 0 Å². The average molecular weight is 322 g/mol. The van der Waals surface area contributed by atoms with Gasteiger partial charge in [-0.1, -0.05) is 31.9 Å². The van der Waals surface area contributed by atoms with Crippen molar-refractivity contribution < 1.29 is 14.3 Å². The fraction of sp³-hybridized carbons (Fsp3) is 0.375. The second kappa shape index (κ2) is 8.00. The minimum Gasteiger partial charge on any atom is -0.480 e. The summed E-state index contributed by atoms with van der Waals surface area (Å²) in [5, 5.41) is 12.8. The van der Waals surface area contributed by atoms with Gasteiger partial charge in [0, 0.05) is 23.2 Å². The number of benzene rings is 1. The van der Waals surface area contributed by atoms with Crippen molar-refractivity contribution in [3.63, 3.8) is 0 Å². The minimum absolute atomic E-state index is 0.303. The Morgan fingerprint density at radius 2 is 2.23 bits per heavy atom. The topological polar surface area (TPSA) is 62.2 Å². The number of carboxylic acids is 1. The lowest BCUT2D eigenvalue weighted by Gasteiger charge is -2.12. The van der Waals surface area contributed by atoms with Crippen molar-refractivity contribution in [2.45, 2.75) is 38.8 Å². The zero-order chi connectivity index (χ0) is 15.9. The van der Waals surface area contributed by atoms with Gasteiger partial charge in [-0.3, -0.25) is 10.1 Å². The molecular formula is C16H19FN2O2S. The smallest absolute Gasteiger partial charge is 0.320 e. The van der Waals surface area contributed by atoms with E-state index in [2.05, 4.69) is 10.3 Å². The van der Waals surface area contributed by atoms with Crippen molar-refractivity contribution in [2.24, 2.45) is 0 Å². The first-order valence-electron chi connectivity index (χ1n) is 7.27. The number of aliphatic carboxylic acids is 1. The van der Waals surface area contributed by atoms with Gasteiger partial charge in [0.1, 0.15) is 16.9 Å². The molecule has 1 atom stereocenters. The number of nitrogens with one attached hydrogen (secondary N) is 1. The van der Waals surface area contributed by atoms with Crippen LogP contribution in [-0.4, -0.2) is 22.1 Å². The maximum atomic E-state index is 13.7. The first-order chi connectivity index (χ1) is 10.6. The highest BCUT2D eigenvalue weighted by Crippen LogP contribution is 2.27. The number of aromatic nitrogens is 1. The highest BCUT2D eigenvalue weighted by Gasteiger charge is 2.16. The molecule has 1 aromatic heterocycles. The predicted octanol–water partition coefficient (Wildman–Crippen LogP) is 3.68. The molecule has 0 saturated heterocycles. The third-order valence-electron chi connectivity index (χ3n) is 3.32. The van der Waals surface area contributed by atoms with E-state index in [1.165, 1.54) is 17.4 Å². The van der Waals surface area contributed by atoms with E-state index in [1.54, 1.807) is 24.4 Å². The summed E-state index contributed by atoms with van der Waals surface area (Å²) in [5.41, 5.74) is 0.472. The second-order valence-electron chi connectivity index (χ2n) is 5.03. The normalized spacial score (nSPS) is 12.3. The molecule has 0 fully saturated rings. The van der Waals surface area contributed by atoms with Gasteiger partial charge < -0.3 is 5.11 Å². The molecule has 2 rings (SSSR count). The second-order valence-corrected chi connectivity index (χ2v) is 6.14. The summed E-state index contributed by atoms with van der Waals surface area (Å²) < 4.78 is 13.7. The molecule has 2 aromatic rings. The Kier molecular flexibility index (Phi) is 6.03. The quantitative estimate of drug-likeness (QED) is 0.778. The fourth-order valence-corrected chi connectivity index (χ4v) is 2.98. The molecule has 1 aromatic carbocycles. The maximum absolute atomic E-state index is 13.7. The van der Waals surface area contributed by atoms with Gasteiger partial charge in [-0.25, -0.2) is 9.37 Å². The van der Waals surface area contributed by atoms with Gasteiger partial charge in [0.05, 0.1) is 0 Å². The summed E-state index contributed by atoms with van der Waals surface area (Å²) in [6.45, 7) is 2.45. The predicted molar refractivity (Wildman–Crippen MR) is 85.3 cm³/mol. The molecular weight excluding hydrogens is 303 g/mol. The van der Waals surface area contributed by atoms with Crippen LogP contribution in [0.2, 0.25) is 0 Å². The third kappa shape index (κ3) is 4.35. The van der Waals surface area contributed by atoms with E-state index in [0.717, 1.165) is 17.7 Å². The van der Waals surface area contributed by atoms with Crippen molar-refractivity contribution in [1.82, 2.24) is 10.3 Å². The largest absolute Gasteiger partial charge is 0.480 e. The summed E-state index contributed by atoms with van der Waals surface area (Å²) in [7, 11) is 0. The summed E-state index contributed by atoms with van der Waals surface area (Å²) in [6.07, 6.45) is 4.10. The summed E-state index contributed by atoms with van der Waals surface area (Å²) in [5.74, 6) is -1.14. The molecule has 6 heteroatoms. The van der Waals surface area contributed by atoms with Crippen molar-refractivity contribution >= 4 is 17.3 Å². The number of carboxylic acid groups (broad SMARTS) is 1. The van der Waals surface area contributed by atoms with Crippen LogP contribution in [0.15, 0.2) is 30.5 Å². The number of unbranched alkanes of at least 4 members (excludes halogenated alkanes) is 1. The Bertz CT molecular complexity index is 630. The molecule has 118 valence electrons. The van der Waals surface area contributed by atoms with E-state index < -0.39 is 12.0 Å². The zero-order valence-corrected chi connectivity index (χ0v) is 13.2. The molecule has 0 aliphatic heterocycles. The van der Waals surface area contributed by atoms with Crippen LogP contribution >= 0.6 is 11.3 Å². The average Bonchev–Trinajstić information content (AvgIpc) is 2.96. The molecule has 0 radical (unpaired) electrons. The van der Waals surface area contributed by atoms with Crippen LogP contribution in [0, 0.1) is 5.82 Å². The molecule has 0 saturated carbocycles. The van der Waals surface area contributed by atoms with Gasteiger partial charge in [-0.05, 0) is 18.6 Å². The van der Waals surface area contributed by atoms with Crippen LogP contribution in [0.25, 0.3) is 10.6 Å². The minimum atomic E-state index is -0.840. The van der Waals surface area contributed by atoms with Crippen molar-refractivity contribution in [3.05, 3.63) is 41.2 Å².